The van der Waals surface area contributed by atoms with Crippen LogP contribution in [0.4, 0.5) is 0 Å². The maximum Gasteiger partial charge on any atom is 0.332 e. The lowest BCUT2D eigenvalue weighted by molar-refractivity contribution is -0.197. The van der Waals surface area contributed by atoms with Crippen LogP contribution in [0.15, 0.2) is 12.7 Å². The molecule has 0 radical (unpaired) electrons. The van der Waals surface area contributed by atoms with Gasteiger partial charge in [0.05, 0.1) is 19.4 Å². The summed E-state index contributed by atoms with van der Waals surface area (Å²) in [6, 6.07) is 0. The van der Waals surface area contributed by atoms with Crippen LogP contribution >= 0.6 is 7.60 Å². The predicted octanol–water partition coefficient (Wildman–Crippen LogP) is 2.08. The monoisotopic (exact) mass is 280 g/mol. The van der Waals surface area contributed by atoms with Crippen molar-refractivity contribution < 1.29 is 28.3 Å². The molecule has 0 fully saturated rings. The molecule has 1 N–H and O–H groups in total. The number of ether oxygens (including phenoxy) is 1. The number of carbonyl (C=O) groups excluding carboxylic acids is 1. The highest BCUT2D eigenvalue weighted by molar-refractivity contribution is 7.53. The van der Waals surface area contributed by atoms with Gasteiger partial charge in [0, 0.05) is 19.4 Å². The Morgan fingerprint density at radius 3 is 2.28 bits per heavy atom. The summed E-state index contributed by atoms with van der Waals surface area (Å²) in [5.74, 6) is -2.47. The zero-order valence-corrected chi connectivity index (χ0v) is 11.9. The van der Waals surface area contributed by atoms with E-state index in [9.17, 15) is 14.5 Å². The molecule has 0 aliphatic rings. The average Bonchev–Trinajstić information content (AvgIpc) is 2.27. The van der Waals surface area contributed by atoms with E-state index in [1.807, 2.05) is 0 Å². The van der Waals surface area contributed by atoms with Crippen LogP contribution in [0.5, 0.6) is 0 Å². The summed E-state index contributed by atoms with van der Waals surface area (Å²) < 4.78 is 26.9. The number of aliphatic hydroxyl groups is 1. The molecule has 0 heterocycles. The fourth-order valence-corrected chi connectivity index (χ4v) is 3.02. The Hall–Kier alpha value is -0.680. The molecule has 0 spiro atoms. The van der Waals surface area contributed by atoms with Crippen LogP contribution in [0.1, 0.15) is 27.2 Å². The highest BCUT2D eigenvalue weighted by Gasteiger charge is 2.31. The van der Waals surface area contributed by atoms with E-state index in [1.54, 1.807) is 13.8 Å². The Bertz CT molecular complexity index is 315. The third-order valence-corrected chi connectivity index (χ3v) is 4.06. The molecule has 18 heavy (non-hydrogen) atoms. The van der Waals surface area contributed by atoms with Crippen LogP contribution in [0.25, 0.3) is 0 Å². The molecule has 1 atom stereocenters. The van der Waals surface area contributed by atoms with Gasteiger partial charge in [-0.25, -0.2) is 4.79 Å². The fraction of sp³-hybridized carbons (Fsp3) is 0.727. The summed E-state index contributed by atoms with van der Waals surface area (Å²) in [7, 11) is -3.24. The van der Waals surface area contributed by atoms with Gasteiger partial charge >= 0.3 is 13.6 Å². The molecule has 0 aromatic heterocycles. The zero-order valence-electron chi connectivity index (χ0n) is 11.0. The minimum Gasteiger partial charge on any atom is -0.430 e. The van der Waals surface area contributed by atoms with Crippen molar-refractivity contribution in [2.75, 3.05) is 19.4 Å². The van der Waals surface area contributed by atoms with E-state index >= 15 is 0 Å². The molecule has 0 aromatic rings. The van der Waals surface area contributed by atoms with Gasteiger partial charge < -0.3 is 18.9 Å². The van der Waals surface area contributed by atoms with Gasteiger partial charge in [0.1, 0.15) is 0 Å². The molecule has 0 aliphatic carbocycles. The molecule has 106 valence electrons. The minimum atomic E-state index is -3.24. The van der Waals surface area contributed by atoms with Gasteiger partial charge in [0.25, 0.3) is 0 Å². The lowest BCUT2D eigenvalue weighted by atomic mass is 10.2. The molecule has 6 nitrogen and oxygen atoms in total. The first kappa shape index (κ1) is 17.3. The Labute approximate surface area is 107 Å². The molecule has 0 aromatic carbocycles. The van der Waals surface area contributed by atoms with Crippen molar-refractivity contribution in [3.8, 4) is 0 Å². The summed E-state index contributed by atoms with van der Waals surface area (Å²) in [5, 5.41) is 9.79. The van der Waals surface area contributed by atoms with Crippen molar-refractivity contribution in [3.05, 3.63) is 12.7 Å². The Kier molecular flexibility index (Phi) is 7.40. The van der Waals surface area contributed by atoms with E-state index in [4.69, 9.17) is 13.8 Å². The summed E-state index contributed by atoms with van der Waals surface area (Å²) in [6.07, 6.45) is 0.856. The molecule has 0 rings (SSSR count). The van der Waals surface area contributed by atoms with Gasteiger partial charge in [-0.3, -0.25) is 4.57 Å². The van der Waals surface area contributed by atoms with E-state index in [1.165, 1.54) is 6.92 Å². The van der Waals surface area contributed by atoms with Gasteiger partial charge in [0.2, 0.25) is 5.79 Å². The molecule has 7 heteroatoms. The quantitative estimate of drug-likeness (QED) is 0.301. The topological polar surface area (TPSA) is 82.1 Å². The number of esters is 1. The van der Waals surface area contributed by atoms with E-state index in [0.29, 0.717) is 0 Å². The summed E-state index contributed by atoms with van der Waals surface area (Å²) >= 11 is 0. The number of hydrogen-bond acceptors (Lipinski definition) is 6. The number of carbonyl (C=O) groups is 1. The molecular formula is C11H21O6P. The van der Waals surface area contributed by atoms with E-state index in [-0.39, 0.29) is 25.8 Å². The van der Waals surface area contributed by atoms with Crippen molar-refractivity contribution in [1.29, 1.82) is 0 Å². The van der Waals surface area contributed by atoms with E-state index in [2.05, 4.69) is 6.58 Å². The summed E-state index contributed by atoms with van der Waals surface area (Å²) in [5.41, 5.74) is 0. The van der Waals surface area contributed by atoms with E-state index < -0.39 is 19.4 Å². The van der Waals surface area contributed by atoms with Crippen molar-refractivity contribution in [2.45, 2.75) is 33.0 Å². The fourth-order valence-electron chi connectivity index (χ4n) is 1.21. The van der Waals surface area contributed by atoms with Crippen molar-refractivity contribution in [3.63, 3.8) is 0 Å². The Balaban J connectivity index is 4.45. The second kappa shape index (κ2) is 7.69. The van der Waals surface area contributed by atoms with Crippen molar-refractivity contribution >= 4 is 13.6 Å². The third kappa shape index (κ3) is 6.91. The van der Waals surface area contributed by atoms with Crippen LogP contribution < -0.4 is 0 Å². The first-order valence-electron chi connectivity index (χ1n) is 5.74. The molecule has 1 unspecified atom stereocenters. The SMILES string of the molecule is C=CC(=O)OC(C)(O)CCP(=O)(OCC)OCC. The first-order valence-corrected chi connectivity index (χ1v) is 7.47. The normalized spacial score (nSPS) is 14.9. The zero-order chi connectivity index (χ0) is 14.2. The third-order valence-electron chi connectivity index (χ3n) is 1.99. The van der Waals surface area contributed by atoms with Gasteiger partial charge in [-0.15, -0.1) is 0 Å². The van der Waals surface area contributed by atoms with E-state index in [0.717, 1.165) is 6.08 Å². The lowest BCUT2D eigenvalue weighted by Crippen LogP contribution is -2.32. The Morgan fingerprint density at radius 1 is 1.39 bits per heavy atom. The predicted molar refractivity (Wildman–Crippen MR) is 67.3 cm³/mol. The van der Waals surface area contributed by atoms with Gasteiger partial charge in [-0.2, -0.15) is 0 Å². The minimum absolute atomic E-state index is 0.0356. The maximum absolute atomic E-state index is 12.1. The second-order valence-electron chi connectivity index (χ2n) is 3.72. The summed E-state index contributed by atoms with van der Waals surface area (Å²) in [4.78, 5) is 11.0. The molecule has 0 bridgehead atoms. The molecule has 0 saturated heterocycles. The number of hydrogen-bond donors (Lipinski definition) is 1. The Morgan fingerprint density at radius 2 is 1.89 bits per heavy atom. The van der Waals surface area contributed by atoms with Crippen LogP contribution in [0.3, 0.4) is 0 Å². The first-order chi connectivity index (χ1) is 8.28. The smallest absolute Gasteiger partial charge is 0.332 e. The summed E-state index contributed by atoms with van der Waals surface area (Å²) in [6.45, 7) is 8.40. The molecule has 0 amide bonds. The highest BCUT2D eigenvalue weighted by atomic mass is 31.2. The maximum atomic E-state index is 12.1. The van der Waals surface area contributed by atoms with Crippen LogP contribution in [-0.2, 0) is 23.1 Å². The highest BCUT2D eigenvalue weighted by Crippen LogP contribution is 2.49. The van der Waals surface area contributed by atoms with Gasteiger partial charge in [0.15, 0.2) is 0 Å². The number of rotatable bonds is 9. The second-order valence-corrected chi connectivity index (χ2v) is 5.91. The molecule has 0 saturated carbocycles. The van der Waals surface area contributed by atoms with Crippen LogP contribution in [0.2, 0.25) is 0 Å². The molecule has 0 aliphatic heterocycles. The standard InChI is InChI=1S/C11H21O6P/c1-5-10(12)17-11(4,13)8-9-18(14,15-6-2)16-7-3/h5,13H,1,6-9H2,2-4H3. The largest absolute Gasteiger partial charge is 0.430 e. The van der Waals surface area contributed by atoms with Crippen LogP contribution in [-0.4, -0.2) is 36.2 Å². The lowest BCUT2D eigenvalue weighted by Gasteiger charge is -2.25. The van der Waals surface area contributed by atoms with Crippen LogP contribution in [0, 0.1) is 0 Å². The van der Waals surface area contributed by atoms with Crippen molar-refractivity contribution in [2.24, 2.45) is 0 Å². The molecular weight excluding hydrogens is 259 g/mol. The van der Waals surface area contributed by atoms with Gasteiger partial charge in [-0.05, 0) is 13.8 Å². The van der Waals surface area contributed by atoms with Crippen molar-refractivity contribution in [1.82, 2.24) is 0 Å². The average molecular weight is 280 g/mol. The van der Waals surface area contributed by atoms with Gasteiger partial charge in [-0.1, -0.05) is 6.58 Å².